The van der Waals surface area contributed by atoms with Crippen LogP contribution in [0.15, 0.2) is 48.5 Å². The van der Waals surface area contributed by atoms with Crippen molar-refractivity contribution in [2.24, 2.45) is 11.7 Å². The van der Waals surface area contributed by atoms with Gasteiger partial charge in [0.1, 0.15) is 17.4 Å². The number of Topliss-reactive ketones (excluding diaryl/α,β-unsaturated/α-hetero) is 1. The number of ketones is 1. The summed E-state index contributed by atoms with van der Waals surface area (Å²) in [5.74, 6) is -1.70. The topological polar surface area (TPSA) is 110 Å². The van der Waals surface area contributed by atoms with Crippen LogP contribution in [0.2, 0.25) is 0 Å². The number of phenols is 2. The fraction of sp³-hybridized carbons (Fsp3) is 0.417. The van der Waals surface area contributed by atoms with Crippen molar-refractivity contribution >= 4 is 11.8 Å². The van der Waals surface area contributed by atoms with E-state index in [0.717, 1.165) is 36.8 Å². The standard InChI is InChI=1S/C24H31NO5/c1-2-3-4-5-14-30-24(29)21(15-17-6-10-19(26)11-7-17)23(28)22(25)16-18-8-12-20(27)13-9-18/h6-13,21-22,26-27H,2-5,14-16,25H2,1H3/t21-,22+/m1/s1. The molecule has 0 aromatic heterocycles. The van der Waals surface area contributed by atoms with Gasteiger partial charge in [-0.1, -0.05) is 50.5 Å². The second kappa shape index (κ2) is 12.0. The van der Waals surface area contributed by atoms with Gasteiger partial charge < -0.3 is 20.7 Å². The molecule has 0 unspecified atom stereocenters. The summed E-state index contributed by atoms with van der Waals surface area (Å²) in [5.41, 5.74) is 7.68. The van der Waals surface area contributed by atoms with Crippen LogP contribution in [0, 0.1) is 5.92 Å². The number of carbonyl (C=O) groups is 2. The molecule has 0 fully saturated rings. The van der Waals surface area contributed by atoms with E-state index in [0.29, 0.717) is 0 Å². The molecule has 2 rings (SSSR count). The maximum absolute atomic E-state index is 13.0. The highest BCUT2D eigenvalue weighted by Gasteiger charge is 2.32. The van der Waals surface area contributed by atoms with Gasteiger partial charge in [-0.15, -0.1) is 0 Å². The predicted octanol–water partition coefficient (Wildman–Crippen LogP) is 3.52. The number of hydrogen-bond donors (Lipinski definition) is 3. The van der Waals surface area contributed by atoms with E-state index in [-0.39, 0.29) is 36.7 Å². The highest BCUT2D eigenvalue weighted by atomic mass is 16.5. The van der Waals surface area contributed by atoms with Gasteiger partial charge in [-0.2, -0.15) is 0 Å². The Kier molecular flexibility index (Phi) is 9.35. The maximum Gasteiger partial charge on any atom is 0.316 e. The quantitative estimate of drug-likeness (QED) is 0.279. The smallest absolute Gasteiger partial charge is 0.316 e. The van der Waals surface area contributed by atoms with Gasteiger partial charge in [0.05, 0.1) is 12.6 Å². The summed E-state index contributed by atoms with van der Waals surface area (Å²) in [6.45, 7) is 2.39. The van der Waals surface area contributed by atoms with Crippen molar-refractivity contribution in [3.8, 4) is 11.5 Å². The number of nitrogens with two attached hydrogens (primary N) is 1. The minimum Gasteiger partial charge on any atom is -0.508 e. The van der Waals surface area contributed by atoms with Crippen LogP contribution >= 0.6 is 0 Å². The molecule has 2 aromatic rings. The van der Waals surface area contributed by atoms with E-state index in [1.54, 1.807) is 24.3 Å². The van der Waals surface area contributed by atoms with Gasteiger partial charge in [0.2, 0.25) is 0 Å². The summed E-state index contributed by atoms with van der Waals surface area (Å²) in [6.07, 6.45) is 4.32. The molecule has 6 heteroatoms. The third kappa shape index (κ3) is 7.52. The molecule has 30 heavy (non-hydrogen) atoms. The zero-order valence-corrected chi connectivity index (χ0v) is 17.4. The van der Waals surface area contributed by atoms with Crippen LogP contribution in [0.3, 0.4) is 0 Å². The molecular weight excluding hydrogens is 382 g/mol. The molecule has 0 saturated heterocycles. The Bertz CT molecular complexity index is 801. The largest absolute Gasteiger partial charge is 0.508 e. The van der Waals surface area contributed by atoms with Crippen molar-refractivity contribution in [3.05, 3.63) is 59.7 Å². The number of ether oxygens (including phenoxy) is 1. The van der Waals surface area contributed by atoms with Crippen molar-refractivity contribution in [2.75, 3.05) is 6.61 Å². The lowest BCUT2D eigenvalue weighted by Crippen LogP contribution is -2.42. The molecule has 0 radical (unpaired) electrons. The molecule has 2 aromatic carbocycles. The summed E-state index contributed by atoms with van der Waals surface area (Å²) < 4.78 is 5.39. The molecule has 0 amide bonds. The number of rotatable bonds is 12. The number of esters is 1. The SMILES string of the molecule is CCCCCCOC(=O)[C@H](Cc1ccc(O)cc1)C(=O)[C@@H](N)Cc1ccc(O)cc1. The first-order valence-electron chi connectivity index (χ1n) is 10.4. The minimum atomic E-state index is -1.01. The zero-order valence-electron chi connectivity index (χ0n) is 17.4. The molecule has 2 atom stereocenters. The highest BCUT2D eigenvalue weighted by Crippen LogP contribution is 2.19. The Balaban J connectivity index is 2.07. The van der Waals surface area contributed by atoms with Crippen LogP contribution in [0.5, 0.6) is 11.5 Å². The molecule has 0 bridgehead atoms. The highest BCUT2D eigenvalue weighted by molar-refractivity contribution is 6.02. The van der Waals surface area contributed by atoms with Crippen LogP contribution in [0.1, 0.15) is 43.7 Å². The molecule has 0 aliphatic carbocycles. The third-order valence-corrected chi connectivity index (χ3v) is 5.00. The second-order valence-corrected chi connectivity index (χ2v) is 7.53. The fourth-order valence-corrected chi connectivity index (χ4v) is 3.21. The summed E-state index contributed by atoms with van der Waals surface area (Å²) in [7, 11) is 0. The molecule has 4 N–H and O–H groups in total. The molecule has 6 nitrogen and oxygen atoms in total. The Morgan fingerprint density at radius 1 is 0.867 bits per heavy atom. The summed E-state index contributed by atoms with van der Waals surface area (Å²) in [4.78, 5) is 25.7. The van der Waals surface area contributed by atoms with E-state index >= 15 is 0 Å². The molecule has 0 spiro atoms. The van der Waals surface area contributed by atoms with Crippen LogP contribution in [0.4, 0.5) is 0 Å². The van der Waals surface area contributed by atoms with Gasteiger partial charge in [-0.05, 0) is 54.7 Å². The third-order valence-electron chi connectivity index (χ3n) is 5.00. The molecule has 0 aliphatic heterocycles. The predicted molar refractivity (Wildman–Crippen MR) is 115 cm³/mol. The van der Waals surface area contributed by atoms with E-state index < -0.39 is 17.9 Å². The molecule has 0 heterocycles. The minimum absolute atomic E-state index is 0.115. The van der Waals surface area contributed by atoms with Crippen LogP contribution < -0.4 is 5.73 Å². The van der Waals surface area contributed by atoms with Gasteiger partial charge in [0, 0.05) is 0 Å². The Morgan fingerprint density at radius 2 is 1.40 bits per heavy atom. The zero-order chi connectivity index (χ0) is 21.9. The number of benzene rings is 2. The van der Waals surface area contributed by atoms with E-state index in [4.69, 9.17) is 10.5 Å². The van der Waals surface area contributed by atoms with E-state index in [2.05, 4.69) is 6.92 Å². The lowest BCUT2D eigenvalue weighted by molar-refractivity contribution is -0.152. The Hall–Kier alpha value is -2.86. The van der Waals surface area contributed by atoms with E-state index in [1.807, 2.05) is 0 Å². The first kappa shape index (κ1) is 23.4. The van der Waals surface area contributed by atoms with Gasteiger partial charge >= 0.3 is 5.97 Å². The first-order valence-corrected chi connectivity index (χ1v) is 10.4. The molecule has 0 aliphatic rings. The summed E-state index contributed by atoms with van der Waals surface area (Å²) >= 11 is 0. The van der Waals surface area contributed by atoms with Gasteiger partial charge in [-0.3, -0.25) is 9.59 Å². The molecule has 0 saturated carbocycles. The molecular formula is C24H31NO5. The lowest BCUT2D eigenvalue weighted by Gasteiger charge is -2.19. The normalized spacial score (nSPS) is 12.9. The van der Waals surface area contributed by atoms with Gasteiger partial charge in [0.15, 0.2) is 5.78 Å². The fourth-order valence-electron chi connectivity index (χ4n) is 3.21. The summed E-state index contributed by atoms with van der Waals surface area (Å²) in [5, 5.41) is 18.9. The van der Waals surface area contributed by atoms with Crippen molar-refractivity contribution in [1.82, 2.24) is 0 Å². The number of aromatic hydroxyl groups is 2. The Labute approximate surface area is 177 Å². The van der Waals surface area contributed by atoms with Crippen molar-refractivity contribution in [2.45, 2.75) is 51.5 Å². The van der Waals surface area contributed by atoms with Gasteiger partial charge in [-0.25, -0.2) is 0 Å². The lowest BCUT2D eigenvalue weighted by atomic mass is 9.89. The maximum atomic E-state index is 13.0. The van der Waals surface area contributed by atoms with Gasteiger partial charge in [0.25, 0.3) is 0 Å². The van der Waals surface area contributed by atoms with Crippen molar-refractivity contribution in [3.63, 3.8) is 0 Å². The monoisotopic (exact) mass is 413 g/mol. The Morgan fingerprint density at radius 3 is 1.93 bits per heavy atom. The number of carbonyl (C=O) groups excluding carboxylic acids is 2. The molecule has 162 valence electrons. The van der Waals surface area contributed by atoms with Crippen molar-refractivity contribution in [1.29, 1.82) is 0 Å². The van der Waals surface area contributed by atoms with E-state index in [1.165, 1.54) is 24.3 Å². The average Bonchev–Trinajstić information content (AvgIpc) is 2.74. The van der Waals surface area contributed by atoms with Crippen molar-refractivity contribution < 1.29 is 24.5 Å². The number of hydrogen-bond acceptors (Lipinski definition) is 6. The average molecular weight is 414 g/mol. The van der Waals surface area contributed by atoms with Crippen LogP contribution in [0.25, 0.3) is 0 Å². The number of phenolic OH excluding ortho intramolecular Hbond substituents is 2. The number of unbranched alkanes of at least 4 members (excludes halogenated alkanes) is 3. The second-order valence-electron chi connectivity index (χ2n) is 7.53. The first-order chi connectivity index (χ1) is 14.4. The summed E-state index contributed by atoms with van der Waals surface area (Å²) in [6, 6.07) is 12.0. The van der Waals surface area contributed by atoms with Crippen LogP contribution in [-0.4, -0.2) is 34.6 Å². The van der Waals surface area contributed by atoms with Crippen LogP contribution in [-0.2, 0) is 27.2 Å². The van der Waals surface area contributed by atoms with E-state index in [9.17, 15) is 19.8 Å².